The molecule has 3 nitrogen and oxygen atoms in total. The second-order valence-electron chi connectivity index (χ2n) is 5.97. The summed E-state index contributed by atoms with van der Waals surface area (Å²) in [5, 5.41) is 3.48. The molecule has 0 spiro atoms. The van der Waals surface area contributed by atoms with Gasteiger partial charge in [-0.25, -0.2) is 0 Å². The summed E-state index contributed by atoms with van der Waals surface area (Å²) in [6.07, 6.45) is 4.12. The smallest absolute Gasteiger partial charge is 0.0112 e. The molecule has 1 N–H and O–H groups in total. The van der Waals surface area contributed by atoms with Crippen molar-refractivity contribution in [1.29, 1.82) is 0 Å². The summed E-state index contributed by atoms with van der Waals surface area (Å²) in [5.74, 6) is 0.900. The zero-order chi connectivity index (χ0) is 12.1. The quantitative estimate of drug-likeness (QED) is 0.803. The number of piperidine rings is 1. The van der Waals surface area contributed by atoms with Gasteiger partial charge in [-0.2, -0.15) is 0 Å². The topological polar surface area (TPSA) is 18.5 Å². The SMILES string of the molecule is CC1CCC(C)N(CCN2CCCNCC2)C1. The van der Waals surface area contributed by atoms with Gasteiger partial charge in [0, 0.05) is 38.8 Å². The van der Waals surface area contributed by atoms with Crippen LogP contribution in [0.4, 0.5) is 0 Å². The highest BCUT2D eigenvalue weighted by Gasteiger charge is 2.22. The molecule has 0 aromatic heterocycles. The molecule has 0 amide bonds. The number of nitrogens with zero attached hydrogens (tertiary/aromatic N) is 2. The lowest BCUT2D eigenvalue weighted by Gasteiger charge is -2.37. The van der Waals surface area contributed by atoms with Crippen molar-refractivity contribution in [2.75, 3.05) is 45.8 Å². The van der Waals surface area contributed by atoms with E-state index in [0.717, 1.165) is 12.0 Å². The third-order valence-corrected chi connectivity index (χ3v) is 4.38. The summed E-state index contributed by atoms with van der Waals surface area (Å²) in [6.45, 7) is 13.5. The average Bonchev–Trinajstić information content (AvgIpc) is 2.59. The van der Waals surface area contributed by atoms with E-state index < -0.39 is 0 Å². The van der Waals surface area contributed by atoms with Crippen LogP contribution in [0.2, 0.25) is 0 Å². The third-order valence-electron chi connectivity index (χ3n) is 4.38. The van der Waals surface area contributed by atoms with E-state index in [2.05, 4.69) is 29.0 Å². The van der Waals surface area contributed by atoms with Crippen LogP contribution in [0.25, 0.3) is 0 Å². The number of rotatable bonds is 3. The first kappa shape index (κ1) is 13.3. The van der Waals surface area contributed by atoms with E-state index in [4.69, 9.17) is 0 Å². The van der Waals surface area contributed by atoms with Crippen molar-refractivity contribution in [3.8, 4) is 0 Å². The van der Waals surface area contributed by atoms with Gasteiger partial charge in [-0.05, 0) is 45.2 Å². The Balaban J connectivity index is 1.72. The minimum absolute atomic E-state index is 0.802. The molecule has 0 aliphatic carbocycles. The Labute approximate surface area is 107 Å². The second kappa shape index (κ2) is 6.72. The summed E-state index contributed by atoms with van der Waals surface area (Å²) in [4.78, 5) is 5.33. The highest BCUT2D eigenvalue weighted by molar-refractivity contribution is 4.78. The van der Waals surface area contributed by atoms with Gasteiger partial charge in [-0.15, -0.1) is 0 Å². The van der Waals surface area contributed by atoms with Crippen LogP contribution in [0.15, 0.2) is 0 Å². The molecular formula is C14H29N3. The van der Waals surface area contributed by atoms with Gasteiger partial charge in [0.25, 0.3) is 0 Å². The van der Waals surface area contributed by atoms with E-state index in [0.29, 0.717) is 0 Å². The molecule has 2 saturated heterocycles. The maximum Gasteiger partial charge on any atom is 0.0112 e. The normalized spacial score (nSPS) is 33.5. The van der Waals surface area contributed by atoms with E-state index in [-0.39, 0.29) is 0 Å². The monoisotopic (exact) mass is 239 g/mol. The standard InChI is InChI=1S/C14H29N3/c1-13-4-5-14(2)17(12-13)11-10-16-8-3-6-15-7-9-16/h13-15H,3-12H2,1-2H3. The van der Waals surface area contributed by atoms with Crippen LogP contribution >= 0.6 is 0 Å². The van der Waals surface area contributed by atoms with Crippen LogP contribution in [-0.4, -0.2) is 61.7 Å². The fourth-order valence-corrected chi connectivity index (χ4v) is 3.09. The fourth-order valence-electron chi connectivity index (χ4n) is 3.09. The lowest BCUT2D eigenvalue weighted by molar-refractivity contribution is 0.108. The van der Waals surface area contributed by atoms with Gasteiger partial charge in [0.2, 0.25) is 0 Å². The van der Waals surface area contributed by atoms with E-state index in [1.165, 1.54) is 65.1 Å². The molecule has 0 bridgehead atoms. The van der Waals surface area contributed by atoms with Crippen LogP contribution in [0.3, 0.4) is 0 Å². The summed E-state index contributed by atoms with van der Waals surface area (Å²) in [5.41, 5.74) is 0. The van der Waals surface area contributed by atoms with Crippen molar-refractivity contribution < 1.29 is 0 Å². The van der Waals surface area contributed by atoms with Crippen molar-refractivity contribution in [3.05, 3.63) is 0 Å². The van der Waals surface area contributed by atoms with Crippen molar-refractivity contribution in [2.24, 2.45) is 5.92 Å². The van der Waals surface area contributed by atoms with Gasteiger partial charge < -0.3 is 10.2 Å². The van der Waals surface area contributed by atoms with Crippen molar-refractivity contribution in [1.82, 2.24) is 15.1 Å². The molecule has 17 heavy (non-hydrogen) atoms. The third kappa shape index (κ3) is 4.23. The Morgan fingerprint density at radius 2 is 1.94 bits per heavy atom. The number of likely N-dealkylation sites (tertiary alicyclic amines) is 1. The van der Waals surface area contributed by atoms with Gasteiger partial charge in [0.1, 0.15) is 0 Å². The molecular weight excluding hydrogens is 210 g/mol. The molecule has 2 heterocycles. The first-order chi connectivity index (χ1) is 8.25. The highest BCUT2D eigenvalue weighted by Crippen LogP contribution is 2.20. The molecule has 2 unspecified atom stereocenters. The molecule has 100 valence electrons. The lowest BCUT2D eigenvalue weighted by atomic mass is 9.95. The van der Waals surface area contributed by atoms with Crippen molar-refractivity contribution in [2.45, 2.75) is 39.2 Å². The molecule has 2 aliphatic heterocycles. The summed E-state index contributed by atoms with van der Waals surface area (Å²) < 4.78 is 0. The van der Waals surface area contributed by atoms with Crippen molar-refractivity contribution in [3.63, 3.8) is 0 Å². The summed E-state index contributed by atoms with van der Waals surface area (Å²) in [6, 6.07) is 0.802. The Hall–Kier alpha value is -0.120. The van der Waals surface area contributed by atoms with Crippen LogP contribution < -0.4 is 5.32 Å². The van der Waals surface area contributed by atoms with E-state index in [9.17, 15) is 0 Å². The van der Waals surface area contributed by atoms with Crippen molar-refractivity contribution >= 4 is 0 Å². The van der Waals surface area contributed by atoms with Gasteiger partial charge >= 0.3 is 0 Å². The van der Waals surface area contributed by atoms with Gasteiger partial charge in [-0.1, -0.05) is 6.92 Å². The summed E-state index contributed by atoms with van der Waals surface area (Å²) >= 11 is 0. The Kier molecular flexibility index (Phi) is 5.26. The molecule has 2 rings (SSSR count). The second-order valence-corrected chi connectivity index (χ2v) is 5.97. The molecule has 2 fully saturated rings. The Morgan fingerprint density at radius 3 is 2.82 bits per heavy atom. The number of hydrogen-bond acceptors (Lipinski definition) is 3. The maximum atomic E-state index is 3.48. The zero-order valence-electron chi connectivity index (χ0n) is 11.6. The summed E-state index contributed by atoms with van der Waals surface area (Å²) in [7, 11) is 0. The van der Waals surface area contributed by atoms with Gasteiger partial charge in [-0.3, -0.25) is 4.90 Å². The highest BCUT2D eigenvalue weighted by atomic mass is 15.2. The predicted octanol–water partition coefficient (Wildman–Crippen LogP) is 1.40. The van der Waals surface area contributed by atoms with Crippen LogP contribution in [0, 0.1) is 5.92 Å². The molecule has 3 heteroatoms. The Morgan fingerprint density at radius 1 is 1.06 bits per heavy atom. The van der Waals surface area contributed by atoms with Crippen LogP contribution in [0.5, 0.6) is 0 Å². The average molecular weight is 239 g/mol. The Bertz CT molecular complexity index is 212. The van der Waals surface area contributed by atoms with Crippen LogP contribution in [-0.2, 0) is 0 Å². The van der Waals surface area contributed by atoms with Crippen LogP contribution in [0.1, 0.15) is 33.1 Å². The molecule has 0 radical (unpaired) electrons. The minimum Gasteiger partial charge on any atom is -0.315 e. The first-order valence-corrected chi connectivity index (χ1v) is 7.43. The maximum absolute atomic E-state index is 3.48. The predicted molar refractivity (Wildman–Crippen MR) is 73.4 cm³/mol. The van der Waals surface area contributed by atoms with Gasteiger partial charge in [0.15, 0.2) is 0 Å². The molecule has 0 aromatic rings. The first-order valence-electron chi connectivity index (χ1n) is 7.43. The molecule has 0 aromatic carbocycles. The molecule has 2 atom stereocenters. The lowest BCUT2D eigenvalue weighted by Crippen LogP contribution is -2.45. The largest absolute Gasteiger partial charge is 0.315 e. The van der Waals surface area contributed by atoms with Gasteiger partial charge in [0.05, 0.1) is 0 Å². The van der Waals surface area contributed by atoms with E-state index in [1.807, 2.05) is 0 Å². The fraction of sp³-hybridized carbons (Fsp3) is 1.00. The molecule has 0 saturated carbocycles. The minimum atomic E-state index is 0.802. The van der Waals surface area contributed by atoms with E-state index >= 15 is 0 Å². The molecule has 2 aliphatic rings. The zero-order valence-corrected chi connectivity index (χ0v) is 11.6. The van der Waals surface area contributed by atoms with E-state index in [1.54, 1.807) is 0 Å². The number of hydrogen-bond donors (Lipinski definition) is 1. The number of nitrogens with one attached hydrogen (secondary N) is 1.